The lowest BCUT2D eigenvalue weighted by molar-refractivity contribution is 0.419. The Hall–Kier alpha value is -0.890. The van der Waals surface area contributed by atoms with E-state index in [0.717, 1.165) is 6.54 Å². The van der Waals surface area contributed by atoms with Gasteiger partial charge in [-0.15, -0.1) is 0 Å². The van der Waals surface area contributed by atoms with Crippen molar-refractivity contribution >= 4 is 0 Å². The van der Waals surface area contributed by atoms with E-state index >= 15 is 0 Å². The molecule has 1 aliphatic rings. The van der Waals surface area contributed by atoms with Gasteiger partial charge in [-0.3, -0.25) is 0 Å². The quantitative estimate of drug-likeness (QED) is 0.785. The third-order valence-electron chi connectivity index (χ3n) is 3.78. The fraction of sp³-hybridized carbons (Fsp3) is 0.600. The van der Waals surface area contributed by atoms with Crippen LogP contribution in [0.2, 0.25) is 0 Å². The molecular weight excluding hydrogens is 213 g/mol. The molecule has 0 spiro atoms. The summed E-state index contributed by atoms with van der Waals surface area (Å²) in [4.78, 5) is 0. The van der Waals surface area contributed by atoms with Crippen molar-refractivity contribution in [2.75, 3.05) is 6.54 Å². The molecule has 1 aromatic rings. The lowest BCUT2D eigenvalue weighted by atomic mass is 9.87. The van der Waals surface area contributed by atoms with Crippen LogP contribution in [0.3, 0.4) is 0 Å². The Morgan fingerprint density at radius 2 is 1.82 bits per heavy atom. The molecule has 0 heterocycles. The zero-order valence-electron chi connectivity index (χ0n) is 10.6. The van der Waals surface area contributed by atoms with Crippen LogP contribution in [-0.2, 0) is 0 Å². The van der Waals surface area contributed by atoms with Crippen LogP contribution in [0.25, 0.3) is 0 Å². The van der Waals surface area contributed by atoms with Gasteiger partial charge in [0.15, 0.2) is 0 Å². The lowest BCUT2D eigenvalue weighted by Gasteiger charge is -2.26. The van der Waals surface area contributed by atoms with Gasteiger partial charge in [-0.25, -0.2) is 4.39 Å². The maximum absolute atomic E-state index is 13.0. The number of hydrogen-bond acceptors (Lipinski definition) is 1. The third-order valence-corrected chi connectivity index (χ3v) is 3.78. The molecule has 94 valence electrons. The topological polar surface area (TPSA) is 12.0 Å². The number of benzene rings is 1. The van der Waals surface area contributed by atoms with Crippen molar-refractivity contribution in [2.24, 2.45) is 0 Å². The highest BCUT2D eigenvalue weighted by Crippen LogP contribution is 2.32. The zero-order valence-corrected chi connectivity index (χ0v) is 10.6. The predicted octanol–water partition coefficient (Wildman–Crippen LogP) is 3.85. The van der Waals surface area contributed by atoms with Crippen molar-refractivity contribution in [2.45, 2.75) is 51.0 Å². The molecule has 2 atom stereocenters. The minimum Gasteiger partial charge on any atom is -0.314 e. The molecule has 1 saturated carbocycles. The summed E-state index contributed by atoms with van der Waals surface area (Å²) in [5.74, 6) is 0.417. The summed E-state index contributed by atoms with van der Waals surface area (Å²) in [6.45, 7) is 3.18. The maximum Gasteiger partial charge on any atom is 0.123 e. The molecule has 1 fully saturated rings. The molecule has 0 radical (unpaired) electrons. The minimum atomic E-state index is -0.137. The molecule has 17 heavy (non-hydrogen) atoms. The van der Waals surface area contributed by atoms with Gasteiger partial charge in [0.05, 0.1) is 0 Å². The summed E-state index contributed by atoms with van der Waals surface area (Å²) in [5.41, 5.74) is 1.29. The van der Waals surface area contributed by atoms with Crippen molar-refractivity contribution in [3.8, 4) is 0 Å². The van der Waals surface area contributed by atoms with Crippen molar-refractivity contribution < 1.29 is 4.39 Å². The fourth-order valence-corrected chi connectivity index (χ4v) is 2.92. The highest BCUT2D eigenvalue weighted by atomic mass is 19.1. The summed E-state index contributed by atoms with van der Waals surface area (Å²) in [7, 11) is 0. The molecule has 1 nitrogen and oxygen atoms in total. The van der Waals surface area contributed by atoms with Gasteiger partial charge in [-0.1, -0.05) is 38.3 Å². The van der Waals surface area contributed by atoms with Gasteiger partial charge < -0.3 is 5.32 Å². The predicted molar refractivity (Wildman–Crippen MR) is 69.7 cm³/mol. The summed E-state index contributed by atoms with van der Waals surface area (Å²) in [6.07, 6.45) is 6.41. The van der Waals surface area contributed by atoms with Gasteiger partial charge in [-0.05, 0) is 43.0 Å². The summed E-state index contributed by atoms with van der Waals surface area (Å²) < 4.78 is 13.0. The van der Waals surface area contributed by atoms with Gasteiger partial charge in [0, 0.05) is 6.04 Å². The van der Waals surface area contributed by atoms with E-state index in [1.54, 1.807) is 12.1 Å². The molecule has 2 rings (SSSR count). The van der Waals surface area contributed by atoms with Crippen LogP contribution < -0.4 is 5.32 Å². The van der Waals surface area contributed by atoms with Crippen LogP contribution in [0.1, 0.15) is 50.5 Å². The van der Waals surface area contributed by atoms with E-state index in [0.29, 0.717) is 12.0 Å². The molecular formula is C15H22FN. The average Bonchev–Trinajstić information content (AvgIpc) is 2.56. The molecule has 0 saturated heterocycles. The minimum absolute atomic E-state index is 0.137. The van der Waals surface area contributed by atoms with Crippen LogP contribution >= 0.6 is 0 Å². The largest absolute Gasteiger partial charge is 0.314 e. The van der Waals surface area contributed by atoms with Gasteiger partial charge >= 0.3 is 0 Å². The third kappa shape index (κ3) is 3.29. The van der Waals surface area contributed by atoms with E-state index in [4.69, 9.17) is 0 Å². The molecule has 0 aliphatic heterocycles. The highest BCUT2D eigenvalue weighted by Gasteiger charge is 2.24. The Morgan fingerprint density at radius 1 is 1.12 bits per heavy atom. The molecule has 1 aromatic carbocycles. The Bertz CT molecular complexity index is 333. The maximum atomic E-state index is 13.0. The van der Waals surface area contributed by atoms with Gasteiger partial charge in [0.1, 0.15) is 5.82 Å². The van der Waals surface area contributed by atoms with E-state index in [-0.39, 0.29) is 5.82 Å². The molecule has 0 bridgehead atoms. The van der Waals surface area contributed by atoms with Crippen molar-refractivity contribution in [1.29, 1.82) is 0 Å². The van der Waals surface area contributed by atoms with E-state index in [2.05, 4.69) is 12.2 Å². The number of nitrogens with one attached hydrogen (secondary N) is 1. The normalized spacial score (nSPS) is 25.5. The van der Waals surface area contributed by atoms with E-state index < -0.39 is 0 Å². The second kappa shape index (κ2) is 6.15. The molecule has 2 unspecified atom stereocenters. The first-order valence-electron chi connectivity index (χ1n) is 6.80. The van der Waals surface area contributed by atoms with Crippen LogP contribution in [0.5, 0.6) is 0 Å². The Labute approximate surface area is 103 Å². The SMILES string of the molecule is CCNC1CCCCCC1c1ccc(F)cc1. The van der Waals surface area contributed by atoms with E-state index in [9.17, 15) is 4.39 Å². The highest BCUT2D eigenvalue weighted by molar-refractivity contribution is 5.22. The first kappa shape index (κ1) is 12.6. The van der Waals surface area contributed by atoms with Crippen molar-refractivity contribution in [3.63, 3.8) is 0 Å². The molecule has 0 aromatic heterocycles. The van der Waals surface area contributed by atoms with Crippen molar-refractivity contribution in [1.82, 2.24) is 5.32 Å². The summed E-state index contributed by atoms with van der Waals surface area (Å²) in [6, 6.07) is 7.64. The molecule has 1 aliphatic carbocycles. The average molecular weight is 235 g/mol. The smallest absolute Gasteiger partial charge is 0.123 e. The second-order valence-electron chi connectivity index (χ2n) is 4.96. The Morgan fingerprint density at radius 3 is 2.53 bits per heavy atom. The molecule has 1 N–H and O–H groups in total. The van der Waals surface area contributed by atoms with E-state index in [1.165, 1.54) is 37.7 Å². The fourth-order valence-electron chi connectivity index (χ4n) is 2.92. The van der Waals surface area contributed by atoms with Crippen LogP contribution in [-0.4, -0.2) is 12.6 Å². The van der Waals surface area contributed by atoms with E-state index in [1.807, 2.05) is 12.1 Å². The number of hydrogen-bond donors (Lipinski definition) is 1. The molecule has 2 heteroatoms. The summed E-state index contributed by atoms with van der Waals surface area (Å²) >= 11 is 0. The number of rotatable bonds is 3. The first-order valence-corrected chi connectivity index (χ1v) is 6.80. The van der Waals surface area contributed by atoms with Crippen LogP contribution in [0.4, 0.5) is 4.39 Å². The van der Waals surface area contributed by atoms with Crippen LogP contribution in [0, 0.1) is 5.82 Å². The Balaban J connectivity index is 2.16. The second-order valence-corrected chi connectivity index (χ2v) is 4.96. The number of likely N-dealkylation sites (N-methyl/N-ethyl adjacent to an activating group) is 1. The van der Waals surface area contributed by atoms with Gasteiger partial charge in [-0.2, -0.15) is 0 Å². The number of halogens is 1. The first-order chi connectivity index (χ1) is 8.31. The zero-order chi connectivity index (χ0) is 12.1. The van der Waals surface area contributed by atoms with Gasteiger partial charge in [0.25, 0.3) is 0 Å². The van der Waals surface area contributed by atoms with Crippen LogP contribution in [0.15, 0.2) is 24.3 Å². The lowest BCUT2D eigenvalue weighted by Crippen LogP contribution is -2.34. The standard InChI is InChI=1S/C15H22FN/c1-2-17-15-7-5-3-4-6-14(15)12-8-10-13(16)11-9-12/h8-11,14-15,17H,2-7H2,1H3. The Kier molecular flexibility index (Phi) is 4.55. The molecule has 0 amide bonds. The van der Waals surface area contributed by atoms with Crippen molar-refractivity contribution in [3.05, 3.63) is 35.6 Å². The van der Waals surface area contributed by atoms with Gasteiger partial charge in [0.2, 0.25) is 0 Å². The monoisotopic (exact) mass is 235 g/mol. The summed E-state index contributed by atoms with van der Waals surface area (Å²) in [5, 5.41) is 3.59.